The van der Waals surface area contributed by atoms with E-state index in [9.17, 15) is 0 Å². The second-order valence-corrected chi connectivity index (χ2v) is 12.6. The van der Waals surface area contributed by atoms with Gasteiger partial charge in [0.2, 0.25) is 0 Å². The highest BCUT2D eigenvalue weighted by molar-refractivity contribution is 5.97. The van der Waals surface area contributed by atoms with Crippen molar-refractivity contribution in [3.63, 3.8) is 0 Å². The van der Waals surface area contributed by atoms with E-state index in [0.29, 0.717) is 17.1 Å². The number of ether oxygens (including phenoxy) is 1. The molecule has 0 unspecified atom stereocenters. The number of nitrogens with zero attached hydrogens (tertiary/aromatic N) is 9. The summed E-state index contributed by atoms with van der Waals surface area (Å²) in [6, 6.07) is 16.0. The van der Waals surface area contributed by atoms with Crippen LogP contribution < -0.4 is 0 Å². The molecule has 10 heteroatoms. The monoisotopic (exact) mass is 583 g/mol. The third-order valence-corrected chi connectivity index (χ3v) is 10.0. The average Bonchev–Trinajstić information content (AvgIpc) is 3.38. The molecule has 0 radical (unpaired) electrons. The fraction of sp³-hybridized carbons (Fsp3) is 0.353. The number of fused-ring (bicyclic) bond motifs is 3. The van der Waals surface area contributed by atoms with Gasteiger partial charge in [0.1, 0.15) is 0 Å². The van der Waals surface area contributed by atoms with Crippen LogP contribution in [-0.4, -0.2) is 76.8 Å². The van der Waals surface area contributed by atoms with Crippen molar-refractivity contribution in [3.05, 3.63) is 84.2 Å². The van der Waals surface area contributed by atoms with Crippen LogP contribution in [0.2, 0.25) is 0 Å². The molecule has 3 aliphatic rings. The molecule has 0 amide bonds. The van der Waals surface area contributed by atoms with Gasteiger partial charge in [-0.25, -0.2) is 19.5 Å². The summed E-state index contributed by atoms with van der Waals surface area (Å²) in [6.07, 6.45) is 10.8. The zero-order valence-electron chi connectivity index (χ0n) is 24.9. The van der Waals surface area contributed by atoms with Gasteiger partial charge in [-0.2, -0.15) is 20.1 Å². The molecule has 10 nitrogen and oxygen atoms in total. The number of likely N-dealkylation sites (tertiary alicyclic amines) is 1. The van der Waals surface area contributed by atoms with Crippen molar-refractivity contribution in [2.45, 2.75) is 44.6 Å². The molecule has 0 spiro atoms. The van der Waals surface area contributed by atoms with Gasteiger partial charge >= 0.3 is 0 Å². The first-order valence-electron chi connectivity index (χ1n) is 15.5. The molecule has 2 atom stereocenters. The van der Waals surface area contributed by atoms with Crippen LogP contribution in [0, 0.1) is 19.8 Å². The summed E-state index contributed by atoms with van der Waals surface area (Å²) in [5.41, 5.74) is 9.86. The average molecular weight is 584 g/mol. The van der Waals surface area contributed by atoms with Crippen LogP contribution >= 0.6 is 0 Å². The fourth-order valence-corrected chi connectivity index (χ4v) is 7.65. The molecule has 1 aromatic carbocycles. The SMILES string of the molecule is Cc1cnn(-c2ccnc3nccc(-c4cnc5cc(-c6ccc([C@]78C[C@H]7CN(C7CCOCC7)C8)cc6)c(C)nn45)c23)n1. The van der Waals surface area contributed by atoms with Crippen molar-refractivity contribution in [1.29, 1.82) is 0 Å². The molecule has 44 heavy (non-hydrogen) atoms. The molecule has 0 bridgehead atoms. The van der Waals surface area contributed by atoms with Gasteiger partial charge < -0.3 is 4.74 Å². The van der Waals surface area contributed by atoms with E-state index >= 15 is 0 Å². The summed E-state index contributed by atoms with van der Waals surface area (Å²) in [4.78, 5) is 18.2. The van der Waals surface area contributed by atoms with Gasteiger partial charge in [-0.05, 0) is 68.4 Å². The molecular formula is C34H33N9O. The Bertz CT molecular complexity index is 2040. The van der Waals surface area contributed by atoms with Gasteiger partial charge in [0.25, 0.3) is 0 Å². The summed E-state index contributed by atoms with van der Waals surface area (Å²) in [6.45, 7) is 8.22. The summed E-state index contributed by atoms with van der Waals surface area (Å²) < 4.78 is 7.53. The fourth-order valence-electron chi connectivity index (χ4n) is 7.65. The quantitative estimate of drug-likeness (QED) is 0.281. The largest absolute Gasteiger partial charge is 0.381 e. The summed E-state index contributed by atoms with van der Waals surface area (Å²) in [5.74, 6) is 0.785. The van der Waals surface area contributed by atoms with Crippen molar-refractivity contribution in [1.82, 2.24) is 44.5 Å². The predicted octanol–water partition coefficient (Wildman–Crippen LogP) is 4.96. The molecule has 2 saturated heterocycles. The molecule has 6 aromatic rings. The standard InChI is InChI=1S/C34H33N9O/c1-21-17-38-43(39-21)29-8-12-36-33-32(29)27(7-11-35-33)30-18-37-31-15-28(22(2)40-42(30)31)23-3-5-24(6-4-23)34-16-25(34)19-41(20-34)26-9-13-44-14-10-26/h3-8,11-12,15,17-18,25-26H,9-10,13-14,16,19-20H2,1-2H3/t25-,34+/m0/s1. The molecular weight excluding hydrogens is 550 g/mol. The number of benzene rings is 1. The maximum atomic E-state index is 5.61. The minimum atomic E-state index is 0.331. The highest BCUT2D eigenvalue weighted by Gasteiger charge is 2.61. The Balaban J connectivity index is 1.05. The van der Waals surface area contributed by atoms with Gasteiger partial charge in [-0.3, -0.25) is 4.90 Å². The summed E-state index contributed by atoms with van der Waals surface area (Å²) in [5, 5.41) is 14.9. The zero-order valence-corrected chi connectivity index (χ0v) is 24.9. The lowest BCUT2D eigenvalue weighted by molar-refractivity contribution is 0.0378. The number of hydrogen-bond donors (Lipinski definition) is 0. The van der Waals surface area contributed by atoms with E-state index in [1.54, 1.807) is 23.4 Å². The van der Waals surface area contributed by atoms with Crippen LogP contribution in [0.3, 0.4) is 0 Å². The molecule has 7 heterocycles. The maximum absolute atomic E-state index is 5.61. The van der Waals surface area contributed by atoms with Gasteiger partial charge in [-0.15, -0.1) is 0 Å². The second kappa shape index (κ2) is 9.73. The lowest BCUT2D eigenvalue weighted by Gasteiger charge is -2.33. The molecule has 3 fully saturated rings. The number of pyridine rings is 2. The first-order valence-corrected chi connectivity index (χ1v) is 15.5. The molecule has 1 saturated carbocycles. The molecule has 220 valence electrons. The lowest BCUT2D eigenvalue weighted by atomic mass is 9.92. The zero-order chi connectivity index (χ0) is 29.4. The van der Waals surface area contributed by atoms with E-state index in [-0.39, 0.29) is 0 Å². The van der Waals surface area contributed by atoms with Gasteiger partial charge in [0.05, 0.1) is 40.5 Å². The van der Waals surface area contributed by atoms with Crippen molar-refractivity contribution < 1.29 is 4.74 Å². The van der Waals surface area contributed by atoms with E-state index < -0.39 is 0 Å². The van der Waals surface area contributed by atoms with Crippen LogP contribution in [-0.2, 0) is 10.2 Å². The van der Waals surface area contributed by atoms with E-state index in [4.69, 9.17) is 14.8 Å². The van der Waals surface area contributed by atoms with Gasteiger partial charge in [0.15, 0.2) is 11.3 Å². The van der Waals surface area contributed by atoms with Crippen LogP contribution in [0.4, 0.5) is 0 Å². The Morgan fingerprint density at radius 1 is 0.886 bits per heavy atom. The third-order valence-electron chi connectivity index (χ3n) is 10.0. The van der Waals surface area contributed by atoms with Crippen LogP contribution in [0.25, 0.3) is 44.8 Å². The molecule has 1 aliphatic carbocycles. The minimum Gasteiger partial charge on any atom is -0.381 e. The van der Waals surface area contributed by atoms with E-state index in [0.717, 1.165) is 64.1 Å². The Hall–Kier alpha value is -4.54. The van der Waals surface area contributed by atoms with E-state index in [1.807, 2.05) is 29.8 Å². The van der Waals surface area contributed by atoms with E-state index in [1.165, 1.54) is 43.5 Å². The van der Waals surface area contributed by atoms with Crippen LogP contribution in [0.15, 0.2) is 67.3 Å². The number of imidazole rings is 1. The second-order valence-electron chi connectivity index (χ2n) is 12.6. The smallest absolute Gasteiger partial charge is 0.162 e. The van der Waals surface area contributed by atoms with Crippen molar-refractivity contribution in [3.8, 4) is 28.1 Å². The Morgan fingerprint density at radius 2 is 1.70 bits per heavy atom. The Kier molecular flexibility index (Phi) is 5.73. The lowest BCUT2D eigenvalue weighted by Crippen LogP contribution is -2.40. The number of rotatable bonds is 5. The van der Waals surface area contributed by atoms with E-state index in [2.05, 4.69) is 62.3 Å². The van der Waals surface area contributed by atoms with Gasteiger partial charge in [0, 0.05) is 61.3 Å². The molecule has 5 aromatic heterocycles. The molecule has 0 N–H and O–H groups in total. The maximum Gasteiger partial charge on any atom is 0.162 e. The predicted molar refractivity (Wildman–Crippen MR) is 167 cm³/mol. The van der Waals surface area contributed by atoms with Crippen molar-refractivity contribution in [2.75, 3.05) is 26.3 Å². The molecule has 2 aliphatic heterocycles. The highest BCUT2D eigenvalue weighted by atomic mass is 16.5. The Labute approximate surface area is 254 Å². The summed E-state index contributed by atoms with van der Waals surface area (Å²) >= 11 is 0. The van der Waals surface area contributed by atoms with Crippen molar-refractivity contribution in [2.24, 2.45) is 5.92 Å². The first kappa shape index (κ1) is 25.9. The minimum absolute atomic E-state index is 0.331. The number of aryl methyl sites for hydroxylation is 2. The molecule has 9 rings (SSSR count). The number of aromatic nitrogens is 8. The first-order chi connectivity index (χ1) is 21.6. The van der Waals surface area contributed by atoms with Gasteiger partial charge in [-0.1, -0.05) is 24.3 Å². The normalized spacial score (nSPS) is 22.2. The number of hydrogen-bond acceptors (Lipinski definition) is 8. The highest BCUT2D eigenvalue weighted by Crippen LogP contribution is 2.59. The number of piperidine rings is 1. The van der Waals surface area contributed by atoms with Crippen molar-refractivity contribution >= 4 is 16.7 Å². The summed E-state index contributed by atoms with van der Waals surface area (Å²) in [7, 11) is 0. The Morgan fingerprint density at radius 3 is 2.50 bits per heavy atom. The third kappa shape index (κ3) is 4.01. The van der Waals surface area contributed by atoms with Crippen LogP contribution in [0.5, 0.6) is 0 Å². The topological polar surface area (TPSA) is 99.2 Å². The van der Waals surface area contributed by atoms with Crippen LogP contribution in [0.1, 0.15) is 36.2 Å².